The number of amides is 1. The van der Waals surface area contributed by atoms with Crippen LogP contribution in [0.1, 0.15) is 17.3 Å². The van der Waals surface area contributed by atoms with Gasteiger partial charge in [-0.2, -0.15) is 0 Å². The molecule has 0 spiro atoms. The molecule has 2 aromatic carbocycles. The number of hydrogen-bond acceptors (Lipinski definition) is 3. The highest BCUT2D eigenvalue weighted by Crippen LogP contribution is 2.29. The van der Waals surface area contributed by atoms with Crippen molar-refractivity contribution in [2.45, 2.75) is 13.0 Å². The van der Waals surface area contributed by atoms with Crippen molar-refractivity contribution in [1.82, 2.24) is 10.2 Å². The Morgan fingerprint density at radius 2 is 2.10 bits per heavy atom. The Morgan fingerprint density at radius 3 is 2.90 bits per heavy atom. The van der Waals surface area contributed by atoms with Crippen molar-refractivity contribution in [2.24, 2.45) is 0 Å². The predicted octanol–water partition coefficient (Wildman–Crippen LogP) is 1.98. The maximum absolute atomic E-state index is 12.6. The Hall–Kier alpha value is -2.07. The summed E-state index contributed by atoms with van der Waals surface area (Å²) >= 11 is 0. The van der Waals surface area contributed by atoms with Gasteiger partial charge in [-0.15, -0.1) is 0 Å². The average molecular weight is 270 g/mol. The highest BCUT2D eigenvalue weighted by atomic mass is 16.3. The van der Waals surface area contributed by atoms with Crippen LogP contribution >= 0.6 is 0 Å². The average Bonchev–Trinajstić information content (AvgIpc) is 2.48. The largest absolute Gasteiger partial charge is 0.506 e. The van der Waals surface area contributed by atoms with Gasteiger partial charge in [-0.3, -0.25) is 4.79 Å². The van der Waals surface area contributed by atoms with Gasteiger partial charge < -0.3 is 15.3 Å². The highest BCUT2D eigenvalue weighted by Gasteiger charge is 2.26. The van der Waals surface area contributed by atoms with Gasteiger partial charge in [-0.05, 0) is 18.4 Å². The number of rotatable bonds is 1. The van der Waals surface area contributed by atoms with E-state index in [1.165, 1.54) is 0 Å². The Balaban J connectivity index is 2.01. The van der Waals surface area contributed by atoms with E-state index in [0.717, 1.165) is 23.9 Å². The minimum atomic E-state index is -0.0951. The molecule has 3 rings (SSSR count). The van der Waals surface area contributed by atoms with E-state index in [1.54, 1.807) is 6.07 Å². The summed E-state index contributed by atoms with van der Waals surface area (Å²) in [6, 6.07) is 11.3. The molecule has 0 aliphatic carbocycles. The fourth-order valence-electron chi connectivity index (χ4n) is 2.73. The lowest BCUT2D eigenvalue weighted by molar-refractivity contribution is 0.0653. The van der Waals surface area contributed by atoms with Crippen LogP contribution in [0.3, 0.4) is 0 Å². The molecule has 1 amide bonds. The zero-order valence-corrected chi connectivity index (χ0v) is 11.5. The molecule has 104 valence electrons. The SMILES string of the molecule is C[C@@H]1CNCCN1C(=O)c1ccc2ccccc2c1O. The van der Waals surface area contributed by atoms with E-state index in [0.29, 0.717) is 12.1 Å². The van der Waals surface area contributed by atoms with Crippen molar-refractivity contribution < 1.29 is 9.90 Å². The summed E-state index contributed by atoms with van der Waals surface area (Å²) in [7, 11) is 0. The Bertz CT molecular complexity index is 654. The standard InChI is InChI=1S/C16H18N2O2/c1-11-10-17-8-9-18(11)16(20)14-7-6-12-4-2-3-5-13(12)15(14)19/h2-7,11,17,19H,8-10H2,1H3/t11-/m1/s1. The van der Waals surface area contributed by atoms with Crippen molar-refractivity contribution in [3.8, 4) is 5.75 Å². The van der Waals surface area contributed by atoms with Crippen LogP contribution in [0, 0.1) is 0 Å². The van der Waals surface area contributed by atoms with Crippen LogP contribution in [0.25, 0.3) is 10.8 Å². The van der Waals surface area contributed by atoms with Crippen molar-refractivity contribution in [2.75, 3.05) is 19.6 Å². The van der Waals surface area contributed by atoms with Crippen LogP contribution in [0.2, 0.25) is 0 Å². The van der Waals surface area contributed by atoms with E-state index in [9.17, 15) is 9.90 Å². The molecule has 4 nitrogen and oxygen atoms in total. The maximum atomic E-state index is 12.6. The normalized spacial score (nSPS) is 19.2. The number of piperazine rings is 1. The second-order valence-electron chi connectivity index (χ2n) is 5.23. The third-order valence-corrected chi connectivity index (χ3v) is 3.89. The van der Waals surface area contributed by atoms with E-state index in [-0.39, 0.29) is 17.7 Å². The highest BCUT2D eigenvalue weighted by molar-refractivity contribution is 6.03. The molecule has 1 fully saturated rings. The fraction of sp³-hybridized carbons (Fsp3) is 0.312. The molecule has 0 aromatic heterocycles. The molecule has 1 saturated heterocycles. The molecule has 2 aromatic rings. The number of carbonyl (C=O) groups is 1. The van der Waals surface area contributed by atoms with Gasteiger partial charge in [0.05, 0.1) is 5.56 Å². The number of aromatic hydroxyl groups is 1. The molecule has 1 aliphatic heterocycles. The van der Waals surface area contributed by atoms with E-state index >= 15 is 0 Å². The van der Waals surface area contributed by atoms with E-state index in [2.05, 4.69) is 5.32 Å². The summed E-state index contributed by atoms with van der Waals surface area (Å²) in [5.41, 5.74) is 0.387. The number of phenols is 1. The summed E-state index contributed by atoms with van der Waals surface area (Å²) in [4.78, 5) is 14.4. The minimum absolute atomic E-state index is 0.0823. The molecule has 0 bridgehead atoms. The van der Waals surface area contributed by atoms with E-state index in [4.69, 9.17) is 0 Å². The van der Waals surface area contributed by atoms with Gasteiger partial charge in [-0.1, -0.05) is 30.3 Å². The van der Waals surface area contributed by atoms with Crippen LogP contribution in [0.4, 0.5) is 0 Å². The molecule has 0 saturated carbocycles. The number of hydrogen-bond donors (Lipinski definition) is 2. The summed E-state index contributed by atoms with van der Waals surface area (Å²) < 4.78 is 0. The molecule has 1 aliphatic rings. The van der Waals surface area contributed by atoms with E-state index < -0.39 is 0 Å². The van der Waals surface area contributed by atoms with Crippen LogP contribution in [-0.4, -0.2) is 41.6 Å². The van der Waals surface area contributed by atoms with Gasteiger partial charge in [0.25, 0.3) is 5.91 Å². The topological polar surface area (TPSA) is 52.6 Å². The Morgan fingerprint density at radius 1 is 1.30 bits per heavy atom. The first kappa shape index (κ1) is 12.9. The Labute approximate surface area is 118 Å². The number of benzene rings is 2. The van der Waals surface area contributed by atoms with Crippen molar-refractivity contribution >= 4 is 16.7 Å². The smallest absolute Gasteiger partial charge is 0.257 e. The number of phenolic OH excluding ortho intramolecular Hbond substituents is 1. The maximum Gasteiger partial charge on any atom is 0.257 e. The molecule has 0 radical (unpaired) electrons. The van der Waals surface area contributed by atoms with Crippen molar-refractivity contribution in [1.29, 1.82) is 0 Å². The van der Waals surface area contributed by atoms with Gasteiger partial charge in [0.15, 0.2) is 0 Å². The molecule has 1 atom stereocenters. The molecule has 4 heteroatoms. The zero-order chi connectivity index (χ0) is 14.1. The lowest BCUT2D eigenvalue weighted by atomic mass is 10.0. The van der Waals surface area contributed by atoms with Gasteiger partial charge >= 0.3 is 0 Å². The van der Waals surface area contributed by atoms with Crippen molar-refractivity contribution in [3.63, 3.8) is 0 Å². The Kier molecular flexibility index (Phi) is 3.32. The molecule has 20 heavy (non-hydrogen) atoms. The van der Waals surface area contributed by atoms with Crippen LogP contribution in [-0.2, 0) is 0 Å². The molecular formula is C16H18N2O2. The lowest BCUT2D eigenvalue weighted by Crippen LogP contribution is -2.52. The lowest BCUT2D eigenvalue weighted by Gasteiger charge is -2.34. The summed E-state index contributed by atoms with van der Waals surface area (Å²) in [5, 5.41) is 15.3. The van der Waals surface area contributed by atoms with Crippen molar-refractivity contribution in [3.05, 3.63) is 42.0 Å². The van der Waals surface area contributed by atoms with E-state index in [1.807, 2.05) is 42.2 Å². The molecule has 2 N–H and O–H groups in total. The summed E-state index contributed by atoms with van der Waals surface area (Å²) in [6.45, 7) is 4.28. The predicted molar refractivity (Wildman–Crippen MR) is 79.0 cm³/mol. The number of nitrogens with one attached hydrogen (secondary N) is 1. The van der Waals surface area contributed by atoms with Gasteiger partial charge in [0.2, 0.25) is 0 Å². The number of fused-ring (bicyclic) bond motifs is 1. The first-order chi connectivity index (χ1) is 9.68. The third-order valence-electron chi connectivity index (χ3n) is 3.89. The fourth-order valence-corrected chi connectivity index (χ4v) is 2.73. The first-order valence-corrected chi connectivity index (χ1v) is 6.91. The van der Waals surface area contributed by atoms with Crippen LogP contribution in [0.5, 0.6) is 5.75 Å². The second-order valence-corrected chi connectivity index (χ2v) is 5.23. The summed E-state index contributed by atoms with van der Waals surface area (Å²) in [6.07, 6.45) is 0. The monoisotopic (exact) mass is 270 g/mol. The summed E-state index contributed by atoms with van der Waals surface area (Å²) in [5.74, 6) is -0.0129. The number of carbonyl (C=O) groups excluding carboxylic acids is 1. The van der Waals surface area contributed by atoms with Crippen LogP contribution in [0.15, 0.2) is 36.4 Å². The third kappa shape index (κ3) is 2.12. The molecule has 1 heterocycles. The molecular weight excluding hydrogens is 252 g/mol. The van der Waals surface area contributed by atoms with Gasteiger partial charge in [0, 0.05) is 31.1 Å². The van der Waals surface area contributed by atoms with Crippen LogP contribution < -0.4 is 5.32 Å². The second kappa shape index (κ2) is 5.13. The zero-order valence-electron chi connectivity index (χ0n) is 11.5. The van der Waals surface area contributed by atoms with Gasteiger partial charge in [0.1, 0.15) is 5.75 Å². The molecule has 0 unspecified atom stereocenters. The van der Waals surface area contributed by atoms with Gasteiger partial charge in [-0.25, -0.2) is 0 Å². The quantitative estimate of drug-likeness (QED) is 0.833. The first-order valence-electron chi connectivity index (χ1n) is 6.91. The number of nitrogens with zero attached hydrogens (tertiary/aromatic N) is 1. The minimum Gasteiger partial charge on any atom is -0.506 e.